The van der Waals surface area contributed by atoms with Crippen molar-refractivity contribution in [2.24, 2.45) is 11.3 Å². The molecule has 0 aromatic carbocycles. The third kappa shape index (κ3) is 4.46. The Morgan fingerprint density at radius 1 is 1.37 bits per heavy atom. The molecule has 0 aromatic rings. The van der Waals surface area contributed by atoms with Gasteiger partial charge in [-0.25, -0.2) is 0 Å². The van der Waals surface area contributed by atoms with E-state index in [0.717, 1.165) is 44.8 Å². The van der Waals surface area contributed by atoms with Gasteiger partial charge in [-0.15, -0.1) is 0 Å². The van der Waals surface area contributed by atoms with Crippen LogP contribution < -0.4 is 5.32 Å². The van der Waals surface area contributed by atoms with Crippen molar-refractivity contribution in [3.05, 3.63) is 0 Å². The van der Waals surface area contributed by atoms with E-state index in [1.165, 1.54) is 6.42 Å². The van der Waals surface area contributed by atoms with E-state index < -0.39 is 5.97 Å². The summed E-state index contributed by atoms with van der Waals surface area (Å²) in [6.45, 7) is 10.1. The van der Waals surface area contributed by atoms with Crippen LogP contribution in [0, 0.1) is 11.3 Å². The highest BCUT2D eigenvalue weighted by Gasteiger charge is 2.33. The van der Waals surface area contributed by atoms with E-state index in [-0.39, 0.29) is 6.04 Å². The van der Waals surface area contributed by atoms with Crippen LogP contribution in [0.2, 0.25) is 0 Å². The lowest BCUT2D eigenvalue weighted by molar-refractivity contribution is -0.139. The van der Waals surface area contributed by atoms with Crippen LogP contribution in [0.5, 0.6) is 0 Å². The number of hydrogen-bond acceptors (Lipinski definition) is 3. The van der Waals surface area contributed by atoms with Crippen LogP contribution in [0.15, 0.2) is 0 Å². The number of hydrogen-bond donors (Lipinski definition) is 2. The molecule has 2 rings (SSSR count). The largest absolute Gasteiger partial charge is 0.480 e. The van der Waals surface area contributed by atoms with Gasteiger partial charge < -0.3 is 15.3 Å². The zero-order chi connectivity index (χ0) is 14.0. The Balaban J connectivity index is 1.73. The van der Waals surface area contributed by atoms with Crippen LogP contribution in [0.1, 0.15) is 46.5 Å². The maximum atomic E-state index is 11.2. The fourth-order valence-corrected chi connectivity index (χ4v) is 2.87. The fourth-order valence-electron chi connectivity index (χ4n) is 2.87. The van der Waals surface area contributed by atoms with Crippen molar-refractivity contribution in [3.8, 4) is 0 Å². The van der Waals surface area contributed by atoms with Gasteiger partial charge in [-0.3, -0.25) is 4.79 Å². The van der Waals surface area contributed by atoms with E-state index in [1.54, 1.807) is 0 Å². The molecule has 2 fully saturated rings. The summed E-state index contributed by atoms with van der Waals surface area (Å²) < 4.78 is 0. The second kappa shape index (κ2) is 5.80. The summed E-state index contributed by atoms with van der Waals surface area (Å²) in [5, 5.41) is 12.5. The van der Waals surface area contributed by atoms with Crippen LogP contribution in [-0.4, -0.2) is 47.7 Å². The van der Waals surface area contributed by atoms with Gasteiger partial charge in [0.1, 0.15) is 6.04 Å². The molecule has 2 unspecified atom stereocenters. The maximum Gasteiger partial charge on any atom is 0.320 e. The van der Waals surface area contributed by atoms with Crippen molar-refractivity contribution < 1.29 is 9.90 Å². The lowest BCUT2D eigenvalue weighted by Gasteiger charge is -2.27. The molecule has 0 aromatic heterocycles. The zero-order valence-electron chi connectivity index (χ0n) is 12.5. The molecule has 4 nitrogen and oxygen atoms in total. The van der Waals surface area contributed by atoms with Crippen molar-refractivity contribution in [1.82, 2.24) is 10.2 Å². The molecule has 4 heteroatoms. The number of aliphatic carboxylic acids is 1. The molecule has 1 heterocycles. The highest BCUT2D eigenvalue weighted by molar-refractivity contribution is 5.73. The summed E-state index contributed by atoms with van der Waals surface area (Å²) in [6.07, 6.45) is 4.25. The van der Waals surface area contributed by atoms with Crippen molar-refractivity contribution >= 4 is 5.97 Å². The van der Waals surface area contributed by atoms with Crippen molar-refractivity contribution in [3.63, 3.8) is 0 Å². The molecule has 1 saturated carbocycles. The predicted molar refractivity (Wildman–Crippen MR) is 76.2 cm³/mol. The monoisotopic (exact) mass is 268 g/mol. The first kappa shape index (κ1) is 14.8. The fraction of sp³-hybridized carbons (Fsp3) is 0.933. The average Bonchev–Trinajstić information content (AvgIpc) is 2.97. The highest BCUT2D eigenvalue weighted by atomic mass is 16.4. The minimum atomic E-state index is -0.696. The molecule has 0 radical (unpaired) electrons. The third-order valence-corrected chi connectivity index (χ3v) is 4.54. The Bertz CT molecular complexity index is 321. The van der Waals surface area contributed by atoms with E-state index in [0.29, 0.717) is 11.5 Å². The Hall–Kier alpha value is -0.610. The second-order valence-electron chi connectivity index (χ2n) is 7.27. The number of nitrogens with one attached hydrogen (secondary N) is 1. The van der Waals surface area contributed by atoms with E-state index in [2.05, 4.69) is 31.0 Å². The molecule has 2 N–H and O–H groups in total. The number of carbonyl (C=O) groups is 1. The normalized spacial score (nSPS) is 26.6. The van der Waals surface area contributed by atoms with Crippen LogP contribution in [0.4, 0.5) is 0 Å². The van der Waals surface area contributed by atoms with Crippen molar-refractivity contribution in [1.29, 1.82) is 0 Å². The van der Waals surface area contributed by atoms with E-state index in [1.807, 2.05) is 0 Å². The first-order valence-electron chi connectivity index (χ1n) is 7.57. The molecule has 0 amide bonds. The smallest absolute Gasteiger partial charge is 0.320 e. The highest BCUT2D eigenvalue weighted by Crippen LogP contribution is 2.33. The molecule has 1 aliphatic heterocycles. The van der Waals surface area contributed by atoms with Gasteiger partial charge in [0.05, 0.1) is 0 Å². The van der Waals surface area contributed by atoms with Crippen molar-refractivity contribution in [2.45, 2.75) is 58.5 Å². The molecule has 0 spiro atoms. The van der Waals surface area contributed by atoms with Crippen LogP contribution >= 0.6 is 0 Å². The third-order valence-electron chi connectivity index (χ3n) is 4.54. The van der Waals surface area contributed by atoms with Gasteiger partial charge in [-0.2, -0.15) is 0 Å². The summed E-state index contributed by atoms with van der Waals surface area (Å²) in [7, 11) is 0. The SMILES string of the molecule is CC(C)(C)C1CCN(CCC(NC2CC2)C(=O)O)C1. The molecular weight excluding hydrogens is 240 g/mol. The second-order valence-corrected chi connectivity index (χ2v) is 7.27. The summed E-state index contributed by atoms with van der Waals surface area (Å²) in [5.74, 6) is 0.0469. The summed E-state index contributed by atoms with van der Waals surface area (Å²) >= 11 is 0. The topological polar surface area (TPSA) is 52.6 Å². The predicted octanol–water partition coefficient (Wildman–Crippen LogP) is 1.95. The van der Waals surface area contributed by atoms with Gasteiger partial charge >= 0.3 is 5.97 Å². The molecule has 1 saturated heterocycles. The number of carboxylic acids is 1. The average molecular weight is 268 g/mol. The van der Waals surface area contributed by atoms with Gasteiger partial charge in [0.2, 0.25) is 0 Å². The summed E-state index contributed by atoms with van der Waals surface area (Å²) in [4.78, 5) is 13.6. The van der Waals surface area contributed by atoms with Crippen LogP contribution in [0.3, 0.4) is 0 Å². The van der Waals surface area contributed by atoms with E-state index in [4.69, 9.17) is 0 Å². The van der Waals surface area contributed by atoms with Gasteiger partial charge in [-0.05, 0) is 43.6 Å². The first-order valence-corrected chi connectivity index (χ1v) is 7.57. The Morgan fingerprint density at radius 2 is 2.05 bits per heavy atom. The number of likely N-dealkylation sites (tertiary alicyclic amines) is 1. The number of nitrogens with zero attached hydrogens (tertiary/aromatic N) is 1. The number of carboxylic acid groups (broad SMARTS) is 1. The lowest BCUT2D eigenvalue weighted by atomic mass is 9.80. The molecule has 2 aliphatic rings. The molecule has 2 atom stereocenters. The zero-order valence-corrected chi connectivity index (χ0v) is 12.5. The quantitative estimate of drug-likeness (QED) is 0.773. The molecule has 19 heavy (non-hydrogen) atoms. The van der Waals surface area contributed by atoms with Gasteiger partial charge in [0, 0.05) is 19.1 Å². The summed E-state index contributed by atoms with van der Waals surface area (Å²) in [6, 6.07) is 0.100. The Kier molecular flexibility index (Phi) is 4.51. The standard InChI is InChI=1S/C15H28N2O2/c1-15(2,3)11-6-8-17(10-11)9-7-13(14(18)19)16-12-4-5-12/h11-13,16H,4-10H2,1-3H3,(H,18,19). The molecule has 1 aliphatic carbocycles. The Morgan fingerprint density at radius 3 is 2.53 bits per heavy atom. The summed E-state index contributed by atoms with van der Waals surface area (Å²) in [5.41, 5.74) is 0.368. The Labute approximate surface area is 116 Å². The van der Waals surface area contributed by atoms with E-state index >= 15 is 0 Å². The van der Waals surface area contributed by atoms with Crippen LogP contribution in [0.25, 0.3) is 0 Å². The van der Waals surface area contributed by atoms with E-state index in [9.17, 15) is 9.90 Å². The van der Waals surface area contributed by atoms with Crippen LogP contribution in [-0.2, 0) is 4.79 Å². The molecule has 110 valence electrons. The molecular formula is C15H28N2O2. The first-order chi connectivity index (χ1) is 8.86. The number of rotatable bonds is 6. The maximum absolute atomic E-state index is 11.2. The van der Waals surface area contributed by atoms with Crippen molar-refractivity contribution in [2.75, 3.05) is 19.6 Å². The van der Waals surface area contributed by atoms with Gasteiger partial charge in [-0.1, -0.05) is 20.8 Å². The minimum absolute atomic E-state index is 0.360. The van der Waals surface area contributed by atoms with Gasteiger partial charge in [0.15, 0.2) is 0 Å². The van der Waals surface area contributed by atoms with Gasteiger partial charge in [0.25, 0.3) is 0 Å². The minimum Gasteiger partial charge on any atom is -0.480 e. The lowest BCUT2D eigenvalue weighted by Crippen LogP contribution is -2.41. The molecule has 0 bridgehead atoms.